The minimum Gasteiger partial charge on any atom is -0.466 e. The topological polar surface area (TPSA) is 55.6 Å². The lowest BCUT2D eigenvalue weighted by atomic mass is 9.91. The van der Waals surface area contributed by atoms with Crippen molar-refractivity contribution in [3.8, 4) is 0 Å². The van der Waals surface area contributed by atoms with Crippen LogP contribution < -0.4 is 0 Å². The van der Waals surface area contributed by atoms with Gasteiger partial charge in [-0.05, 0) is 11.1 Å². The predicted molar refractivity (Wildman–Crippen MR) is 97.3 cm³/mol. The van der Waals surface area contributed by atoms with E-state index in [2.05, 4.69) is 9.47 Å². The van der Waals surface area contributed by atoms with Gasteiger partial charge in [0.2, 0.25) is 0 Å². The highest BCUT2D eigenvalue weighted by atomic mass is 19.4. The van der Waals surface area contributed by atoms with Crippen LogP contribution in [0.2, 0.25) is 0 Å². The van der Waals surface area contributed by atoms with Crippen LogP contribution in [0.4, 0.5) is 13.2 Å². The normalized spacial score (nSPS) is 21.5. The summed E-state index contributed by atoms with van der Waals surface area (Å²) in [6.07, 6.45) is -4.05. The van der Waals surface area contributed by atoms with E-state index < -0.39 is 35.4 Å². The lowest BCUT2D eigenvalue weighted by Gasteiger charge is -2.22. The molecule has 0 bridgehead atoms. The van der Waals surface area contributed by atoms with Gasteiger partial charge in [0.1, 0.15) is 5.70 Å². The lowest BCUT2D eigenvalue weighted by molar-refractivity contribution is -0.174. The molecule has 0 saturated carbocycles. The Kier molecular flexibility index (Phi) is 5.37. The maximum atomic E-state index is 14.6. The second-order valence-corrected chi connectivity index (χ2v) is 6.36. The monoisotopic (exact) mass is 405 g/mol. The number of methoxy groups -OCH3 is 2. The Morgan fingerprint density at radius 2 is 1.52 bits per heavy atom. The zero-order valence-electron chi connectivity index (χ0n) is 15.6. The molecule has 0 radical (unpaired) electrons. The molecule has 3 rings (SSSR count). The summed E-state index contributed by atoms with van der Waals surface area (Å²) in [6.45, 7) is 0. The van der Waals surface area contributed by atoms with E-state index in [0.717, 1.165) is 25.2 Å². The van der Waals surface area contributed by atoms with Gasteiger partial charge in [0.15, 0.2) is 5.54 Å². The van der Waals surface area contributed by atoms with Crippen molar-refractivity contribution in [2.45, 2.75) is 17.8 Å². The summed E-state index contributed by atoms with van der Waals surface area (Å²) in [4.78, 5) is 25.0. The quantitative estimate of drug-likeness (QED) is 0.431. The van der Waals surface area contributed by atoms with Gasteiger partial charge < -0.3 is 14.4 Å². The van der Waals surface area contributed by atoms with E-state index in [1.54, 1.807) is 36.4 Å². The molecule has 152 valence electrons. The third-order valence-corrected chi connectivity index (χ3v) is 4.84. The predicted octanol–water partition coefficient (Wildman–Crippen LogP) is 3.73. The van der Waals surface area contributed by atoms with Crippen molar-refractivity contribution in [3.63, 3.8) is 0 Å². The highest BCUT2D eigenvalue weighted by Crippen LogP contribution is 2.69. The summed E-state index contributed by atoms with van der Waals surface area (Å²) >= 11 is 0. The van der Waals surface area contributed by atoms with Crippen LogP contribution in [0, 0.1) is 0 Å². The average molecular weight is 405 g/mol. The van der Waals surface area contributed by atoms with Gasteiger partial charge in [-0.2, -0.15) is 13.2 Å². The molecule has 5 nitrogen and oxygen atoms in total. The summed E-state index contributed by atoms with van der Waals surface area (Å²) in [7, 11) is 2.10. The summed E-state index contributed by atoms with van der Waals surface area (Å²) in [5.41, 5.74) is -2.78. The Morgan fingerprint density at radius 3 is 2.00 bits per heavy atom. The van der Waals surface area contributed by atoms with Crippen molar-refractivity contribution in [1.82, 2.24) is 4.90 Å². The van der Waals surface area contributed by atoms with Gasteiger partial charge in [-0.1, -0.05) is 60.7 Å². The smallest absolute Gasteiger partial charge is 0.418 e. The molecular formula is C21H18F3NO4. The number of hydrogen-bond acceptors (Lipinski definition) is 5. The van der Waals surface area contributed by atoms with E-state index >= 15 is 0 Å². The molecule has 1 heterocycles. The average Bonchev–Trinajstić information content (AvgIpc) is 3.43. The fourth-order valence-corrected chi connectivity index (χ4v) is 3.59. The molecule has 0 unspecified atom stereocenters. The molecule has 1 aliphatic rings. The van der Waals surface area contributed by atoms with Crippen LogP contribution in [0.25, 0.3) is 0 Å². The number of rotatable bonds is 5. The highest BCUT2D eigenvalue weighted by Gasteiger charge is 2.79. The Balaban J connectivity index is 2.27. The number of nitrogens with zero attached hydrogens (tertiary/aromatic N) is 1. The number of alkyl halides is 3. The lowest BCUT2D eigenvalue weighted by Crippen LogP contribution is -2.36. The maximum Gasteiger partial charge on any atom is 0.418 e. The van der Waals surface area contributed by atoms with E-state index in [-0.39, 0.29) is 5.56 Å². The van der Waals surface area contributed by atoms with Crippen molar-refractivity contribution in [3.05, 3.63) is 83.6 Å². The van der Waals surface area contributed by atoms with Crippen LogP contribution in [0.1, 0.15) is 17.2 Å². The van der Waals surface area contributed by atoms with E-state index in [0.29, 0.717) is 5.56 Å². The first-order valence-corrected chi connectivity index (χ1v) is 8.63. The molecule has 1 saturated heterocycles. The molecule has 0 aliphatic carbocycles. The molecule has 29 heavy (non-hydrogen) atoms. The molecule has 8 heteroatoms. The Labute approximate surface area is 165 Å². The van der Waals surface area contributed by atoms with Crippen molar-refractivity contribution in [1.29, 1.82) is 0 Å². The van der Waals surface area contributed by atoms with Crippen LogP contribution in [0.5, 0.6) is 0 Å². The Morgan fingerprint density at radius 1 is 0.966 bits per heavy atom. The third kappa shape index (κ3) is 3.35. The van der Waals surface area contributed by atoms with Gasteiger partial charge >= 0.3 is 18.1 Å². The molecule has 2 aromatic carbocycles. The van der Waals surface area contributed by atoms with Crippen molar-refractivity contribution in [2.24, 2.45) is 0 Å². The zero-order valence-corrected chi connectivity index (χ0v) is 15.6. The van der Waals surface area contributed by atoms with Gasteiger partial charge in [-0.15, -0.1) is 0 Å². The molecule has 2 atom stereocenters. The van der Waals surface area contributed by atoms with Gasteiger partial charge in [-0.3, -0.25) is 0 Å². The fourth-order valence-electron chi connectivity index (χ4n) is 3.59. The van der Waals surface area contributed by atoms with Crippen LogP contribution in [0.3, 0.4) is 0 Å². The first-order valence-electron chi connectivity index (χ1n) is 8.63. The summed E-state index contributed by atoms with van der Waals surface area (Å²) in [5, 5.41) is 0. The standard InChI is InChI=1S/C21H18F3NO4/c1-28-17(26)13-16(19(27)29-2)25-18(14-9-5-3-6-10-14)20(25,21(22,23)24)15-11-7-4-8-12-15/h3-13,18H,1-2H3/b16-13-/t18-,20+,25?/m1/s1. The third-order valence-electron chi connectivity index (χ3n) is 4.84. The minimum absolute atomic E-state index is 0.0546. The molecule has 1 fully saturated rings. The Hall–Kier alpha value is -3.29. The maximum absolute atomic E-state index is 14.6. The van der Waals surface area contributed by atoms with Gasteiger partial charge in [0.25, 0.3) is 0 Å². The van der Waals surface area contributed by atoms with Crippen molar-refractivity contribution < 1.29 is 32.2 Å². The van der Waals surface area contributed by atoms with Gasteiger partial charge in [0, 0.05) is 0 Å². The molecule has 0 aromatic heterocycles. The minimum atomic E-state index is -4.77. The molecule has 2 aromatic rings. The highest BCUT2D eigenvalue weighted by molar-refractivity contribution is 5.96. The number of carbonyl (C=O) groups excluding carboxylic acids is 2. The molecule has 1 aliphatic heterocycles. The summed E-state index contributed by atoms with van der Waals surface area (Å²) in [6, 6.07) is 14.0. The van der Waals surface area contributed by atoms with Gasteiger partial charge in [-0.25, -0.2) is 9.59 Å². The first kappa shape index (κ1) is 20.4. The molecule has 0 spiro atoms. The molecular weight excluding hydrogens is 387 g/mol. The van der Waals surface area contributed by atoms with Crippen LogP contribution >= 0.6 is 0 Å². The molecule has 0 N–H and O–H groups in total. The van der Waals surface area contributed by atoms with E-state index in [1.165, 1.54) is 24.3 Å². The number of hydrogen-bond donors (Lipinski definition) is 0. The van der Waals surface area contributed by atoms with E-state index in [9.17, 15) is 22.8 Å². The van der Waals surface area contributed by atoms with Crippen molar-refractivity contribution >= 4 is 11.9 Å². The number of halogens is 3. The first-order chi connectivity index (χ1) is 13.8. The number of benzene rings is 2. The van der Waals surface area contributed by atoms with Crippen molar-refractivity contribution in [2.75, 3.05) is 14.2 Å². The number of ether oxygens (including phenoxy) is 2. The number of carbonyl (C=O) groups is 2. The molecule has 0 amide bonds. The summed E-state index contributed by atoms with van der Waals surface area (Å²) in [5.74, 6) is -2.04. The fraction of sp³-hybridized carbons (Fsp3) is 0.238. The van der Waals surface area contributed by atoms with E-state index in [4.69, 9.17) is 0 Å². The van der Waals surface area contributed by atoms with Crippen LogP contribution in [-0.2, 0) is 24.6 Å². The van der Waals surface area contributed by atoms with E-state index in [1.807, 2.05) is 0 Å². The summed E-state index contributed by atoms with van der Waals surface area (Å²) < 4.78 is 52.9. The second-order valence-electron chi connectivity index (χ2n) is 6.36. The zero-order chi connectivity index (χ0) is 21.2. The number of esters is 2. The largest absolute Gasteiger partial charge is 0.466 e. The van der Waals surface area contributed by atoms with Crippen LogP contribution in [-0.4, -0.2) is 37.2 Å². The van der Waals surface area contributed by atoms with Crippen LogP contribution in [0.15, 0.2) is 72.4 Å². The SMILES string of the molecule is COC(=O)/C=C(/C(=O)OC)N1[C@H](c2ccccc2)[C@@]1(c1ccccc1)C(F)(F)F. The Bertz CT molecular complexity index is 928. The second kappa shape index (κ2) is 7.62. The van der Waals surface area contributed by atoms with Gasteiger partial charge in [0.05, 0.1) is 26.3 Å².